The van der Waals surface area contributed by atoms with Crippen LogP contribution in [0.3, 0.4) is 0 Å². The van der Waals surface area contributed by atoms with Gasteiger partial charge in [0.2, 0.25) is 0 Å². The van der Waals surface area contributed by atoms with Crippen molar-refractivity contribution in [1.29, 1.82) is 0 Å². The van der Waals surface area contributed by atoms with Crippen LogP contribution in [0.4, 0.5) is 0 Å². The van der Waals surface area contributed by atoms with Crippen LogP contribution < -0.4 is 10.1 Å². The van der Waals surface area contributed by atoms with Crippen LogP contribution in [0.15, 0.2) is 18.2 Å². The third-order valence-electron chi connectivity index (χ3n) is 3.79. The Balaban J connectivity index is 1.85. The molecule has 116 valence electrons. The lowest BCUT2D eigenvalue weighted by Gasteiger charge is -2.17. The molecule has 2 unspecified atom stereocenters. The summed E-state index contributed by atoms with van der Waals surface area (Å²) in [5.74, 6) is 0.962. The van der Waals surface area contributed by atoms with Gasteiger partial charge in [-0.3, -0.25) is 4.79 Å². The van der Waals surface area contributed by atoms with E-state index in [0.717, 1.165) is 30.6 Å². The molecule has 0 aromatic heterocycles. The highest BCUT2D eigenvalue weighted by Gasteiger charge is 2.29. The number of rotatable bonds is 7. The second-order valence-electron chi connectivity index (χ2n) is 5.47. The molecule has 0 saturated carbocycles. The zero-order valence-electron chi connectivity index (χ0n) is 12.3. The van der Waals surface area contributed by atoms with Gasteiger partial charge in [-0.2, -0.15) is 0 Å². The molecule has 1 aliphatic heterocycles. The molecule has 0 saturated heterocycles. The predicted molar refractivity (Wildman–Crippen MR) is 82.7 cm³/mol. The van der Waals surface area contributed by atoms with Crippen LogP contribution >= 0.6 is 11.6 Å². The largest absolute Gasteiger partial charge is 0.480 e. The molecular weight excluding hydrogens is 290 g/mol. The van der Waals surface area contributed by atoms with Crippen molar-refractivity contribution in [1.82, 2.24) is 5.32 Å². The molecule has 4 nitrogen and oxygen atoms in total. The lowest BCUT2D eigenvalue weighted by Crippen LogP contribution is -2.40. The van der Waals surface area contributed by atoms with Crippen molar-refractivity contribution in [3.05, 3.63) is 28.8 Å². The molecule has 0 radical (unpaired) electrons. The fraction of sp³-hybridized carbons (Fsp3) is 0.562. The number of carbonyl (C=O) groups excluding carboxylic acids is 1. The molecule has 1 aliphatic rings. The number of amides is 1. The third kappa shape index (κ3) is 4.35. The number of aliphatic hydroxyl groups excluding tert-OH is 1. The third-order valence-corrected chi connectivity index (χ3v) is 4.02. The number of hydrogen-bond donors (Lipinski definition) is 2. The van der Waals surface area contributed by atoms with Crippen molar-refractivity contribution in [2.24, 2.45) is 5.92 Å². The average Bonchev–Trinajstić information content (AvgIpc) is 2.88. The Hall–Kier alpha value is -1.26. The minimum Gasteiger partial charge on any atom is -0.480 e. The Labute approximate surface area is 130 Å². The minimum absolute atomic E-state index is 0.0960. The maximum Gasteiger partial charge on any atom is 0.261 e. The lowest BCUT2D eigenvalue weighted by atomic mass is 10.00. The number of fused-ring (bicyclic) bond motifs is 1. The van der Waals surface area contributed by atoms with E-state index in [1.54, 1.807) is 12.1 Å². The number of carbonyl (C=O) groups is 1. The zero-order valence-corrected chi connectivity index (χ0v) is 13.0. The topological polar surface area (TPSA) is 58.6 Å². The van der Waals surface area contributed by atoms with Crippen molar-refractivity contribution in [2.75, 3.05) is 13.2 Å². The maximum absolute atomic E-state index is 12.2. The van der Waals surface area contributed by atoms with Gasteiger partial charge in [0, 0.05) is 24.6 Å². The molecule has 5 heteroatoms. The van der Waals surface area contributed by atoms with Crippen molar-refractivity contribution in [3.63, 3.8) is 0 Å². The minimum atomic E-state index is -0.477. The molecule has 2 rings (SSSR count). The molecule has 0 fully saturated rings. The van der Waals surface area contributed by atoms with Gasteiger partial charge in [-0.1, -0.05) is 24.9 Å². The second kappa shape index (κ2) is 7.66. The van der Waals surface area contributed by atoms with E-state index in [1.807, 2.05) is 6.07 Å². The Bertz CT molecular complexity index is 486. The number of ether oxygens (including phenoxy) is 1. The summed E-state index contributed by atoms with van der Waals surface area (Å²) in [5.41, 5.74) is 0.975. The molecule has 0 spiro atoms. The van der Waals surface area contributed by atoms with Gasteiger partial charge in [0.1, 0.15) is 5.75 Å². The van der Waals surface area contributed by atoms with E-state index < -0.39 is 6.10 Å². The van der Waals surface area contributed by atoms with Gasteiger partial charge in [0.25, 0.3) is 5.91 Å². The maximum atomic E-state index is 12.2. The Morgan fingerprint density at radius 2 is 2.33 bits per heavy atom. The Morgan fingerprint density at radius 1 is 1.52 bits per heavy atom. The van der Waals surface area contributed by atoms with Crippen molar-refractivity contribution >= 4 is 17.5 Å². The van der Waals surface area contributed by atoms with Gasteiger partial charge in [-0.25, -0.2) is 0 Å². The first-order chi connectivity index (χ1) is 10.1. The Morgan fingerprint density at radius 3 is 3.05 bits per heavy atom. The van der Waals surface area contributed by atoms with Gasteiger partial charge in [0.05, 0.1) is 0 Å². The fourth-order valence-electron chi connectivity index (χ4n) is 2.66. The monoisotopic (exact) mass is 311 g/mol. The van der Waals surface area contributed by atoms with Gasteiger partial charge >= 0.3 is 0 Å². The lowest BCUT2D eigenvalue weighted by molar-refractivity contribution is -0.127. The van der Waals surface area contributed by atoms with Crippen molar-refractivity contribution in [3.8, 4) is 5.75 Å². The highest BCUT2D eigenvalue weighted by Crippen LogP contribution is 2.31. The number of aliphatic hydroxyl groups is 1. The molecule has 1 heterocycles. The summed E-state index contributed by atoms with van der Waals surface area (Å²) in [6, 6.07) is 5.41. The van der Waals surface area contributed by atoms with E-state index in [0.29, 0.717) is 23.9 Å². The SMILES string of the molecule is CCCC(CCO)CNC(=O)C1Cc2cc(Cl)ccc2O1. The molecule has 1 aromatic carbocycles. The molecule has 1 aromatic rings. The van der Waals surface area contributed by atoms with Crippen LogP contribution in [0.25, 0.3) is 0 Å². The van der Waals surface area contributed by atoms with Crippen LogP contribution in [0.5, 0.6) is 5.75 Å². The van der Waals surface area contributed by atoms with E-state index in [-0.39, 0.29) is 12.5 Å². The van der Waals surface area contributed by atoms with Crippen LogP contribution in [0.1, 0.15) is 31.7 Å². The van der Waals surface area contributed by atoms with Crippen LogP contribution in [-0.2, 0) is 11.2 Å². The van der Waals surface area contributed by atoms with E-state index in [1.165, 1.54) is 0 Å². The standard InChI is InChI=1S/C16H22ClNO3/c1-2-3-11(6-7-19)10-18-16(20)15-9-12-8-13(17)4-5-14(12)21-15/h4-5,8,11,15,19H,2-3,6-7,9-10H2,1H3,(H,18,20). The molecule has 1 amide bonds. The summed E-state index contributed by atoms with van der Waals surface area (Å²) in [4.78, 5) is 12.2. The number of nitrogens with one attached hydrogen (secondary N) is 1. The van der Waals surface area contributed by atoms with Crippen LogP contribution in [0.2, 0.25) is 5.02 Å². The smallest absolute Gasteiger partial charge is 0.261 e. The summed E-state index contributed by atoms with van der Waals surface area (Å²) >= 11 is 5.94. The van der Waals surface area contributed by atoms with E-state index >= 15 is 0 Å². The first kappa shape index (κ1) is 16.1. The average molecular weight is 312 g/mol. The summed E-state index contributed by atoms with van der Waals surface area (Å²) in [7, 11) is 0. The van der Waals surface area contributed by atoms with Crippen LogP contribution in [0, 0.1) is 5.92 Å². The molecule has 2 atom stereocenters. The quantitative estimate of drug-likeness (QED) is 0.813. The summed E-state index contributed by atoms with van der Waals surface area (Å²) in [5, 5.41) is 12.6. The van der Waals surface area contributed by atoms with Gasteiger partial charge < -0.3 is 15.2 Å². The molecule has 0 aliphatic carbocycles. The summed E-state index contributed by atoms with van der Waals surface area (Å²) < 4.78 is 5.66. The van der Waals surface area contributed by atoms with E-state index in [2.05, 4.69) is 12.2 Å². The van der Waals surface area contributed by atoms with Crippen molar-refractivity contribution in [2.45, 2.75) is 38.7 Å². The van der Waals surface area contributed by atoms with E-state index in [4.69, 9.17) is 21.4 Å². The molecule has 0 bridgehead atoms. The fourth-order valence-corrected chi connectivity index (χ4v) is 2.86. The first-order valence-corrected chi connectivity index (χ1v) is 7.85. The highest BCUT2D eigenvalue weighted by molar-refractivity contribution is 6.30. The van der Waals surface area contributed by atoms with Gasteiger partial charge in [0.15, 0.2) is 6.10 Å². The summed E-state index contributed by atoms with van der Waals surface area (Å²) in [6.45, 7) is 2.85. The first-order valence-electron chi connectivity index (χ1n) is 7.47. The van der Waals surface area contributed by atoms with E-state index in [9.17, 15) is 4.79 Å². The number of benzene rings is 1. The molecule has 21 heavy (non-hydrogen) atoms. The number of hydrogen-bond acceptors (Lipinski definition) is 3. The summed E-state index contributed by atoms with van der Waals surface area (Å²) in [6.07, 6.45) is 2.84. The van der Waals surface area contributed by atoms with Gasteiger partial charge in [-0.05, 0) is 42.5 Å². The normalized spacial score (nSPS) is 18.0. The predicted octanol–water partition coefficient (Wildman–Crippen LogP) is 2.56. The van der Waals surface area contributed by atoms with Crippen molar-refractivity contribution < 1.29 is 14.6 Å². The molecular formula is C16H22ClNO3. The highest BCUT2D eigenvalue weighted by atomic mass is 35.5. The number of halogens is 1. The molecule has 2 N–H and O–H groups in total. The Kier molecular flexibility index (Phi) is 5.88. The second-order valence-corrected chi connectivity index (χ2v) is 5.91. The van der Waals surface area contributed by atoms with Crippen LogP contribution in [-0.4, -0.2) is 30.3 Å². The van der Waals surface area contributed by atoms with Gasteiger partial charge in [-0.15, -0.1) is 0 Å². The zero-order chi connectivity index (χ0) is 15.2.